The number of benzene rings is 3. The number of hydrogen-bond donors (Lipinski definition) is 0. The first-order valence-electron chi connectivity index (χ1n) is 14.0. The normalized spacial score (nSPS) is 11.2. The molecule has 0 spiro atoms. The predicted molar refractivity (Wildman–Crippen MR) is 168 cm³/mol. The number of anilines is 1. The van der Waals surface area contributed by atoms with Gasteiger partial charge in [0.25, 0.3) is 0 Å². The fourth-order valence-electron chi connectivity index (χ4n) is 4.31. The zero-order valence-corrected chi connectivity index (χ0v) is 25.5. The van der Waals surface area contributed by atoms with Crippen LogP contribution in [0.3, 0.4) is 0 Å². The molecule has 9 heteroatoms. The van der Waals surface area contributed by atoms with Gasteiger partial charge in [0.05, 0.1) is 11.9 Å². The van der Waals surface area contributed by atoms with Gasteiger partial charge in [-0.25, -0.2) is 4.79 Å². The zero-order valence-electron chi connectivity index (χ0n) is 24.7. The Morgan fingerprint density at radius 2 is 1.55 bits per heavy atom. The molecule has 0 saturated carbocycles. The van der Waals surface area contributed by atoms with E-state index in [9.17, 15) is 9.59 Å². The van der Waals surface area contributed by atoms with Crippen LogP contribution < -0.4 is 15.2 Å². The molecule has 0 N–H and O–H groups in total. The summed E-state index contributed by atoms with van der Waals surface area (Å²) in [5.41, 5.74) is 2.15. The second-order valence-corrected chi connectivity index (χ2v) is 11.4. The van der Waals surface area contributed by atoms with Crippen LogP contribution in [0.15, 0.2) is 89.9 Å². The highest BCUT2D eigenvalue weighted by Gasteiger charge is 2.23. The van der Waals surface area contributed by atoms with Crippen molar-refractivity contribution in [3.8, 4) is 28.3 Å². The smallest absolute Gasteiger partial charge is 0.410 e. The van der Waals surface area contributed by atoms with Gasteiger partial charge in [0.2, 0.25) is 5.75 Å². The summed E-state index contributed by atoms with van der Waals surface area (Å²) in [4.78, 5) is 30.1. The standard InChI is InChI=1S/C33H37ClN4O4/c1-6-20-37(32(40)42-33(2,3)4)22-21-36(5)29-23-35-38(27-16-14-26(34)15-17-27)31(39)30(29)41-28-18-12-25(13-19-28)24-10-8-7-9-11-24/h7-19,23H,6,20-22H2,1-5H3. The quantitative estimate of drug-likeness (QED) is 0.192. The topological polar surface area (TPSA) is 76.9 Å². The molecule has 0 radical (unpaired) electrons. The Hall–Kier alpha value is -4.30. The molecule has 0 fully saturated rings. The highest BCUT2D eigenvalue weighted by atomic mass is 35.5. The first-order valence-corrected chi connectivity index (χ1v) is 14.3. The minimum atomic E-state index is -0.595. The molecule has 0 aliphatic rings. The van der Waals surface area contributed by atoms with Crippen molar-refractivity contribution >= 4 is 23.4 Å². The van der Waals surface area contributed by atoms with Gasteiger partial charge < -0.3 is 19.3 Å². The van der Waals surface area contributed by atoms with Crippen molar-refractivity contribution in [3.05, 3.63) is 100 Å². The number of likely N-dealkylation sites (N-methyl/N-ethyl adjacent to an activating group) is 1. The first kappa shape index (κ1) is 30.7. The van der Waals surface area contributed by atoms with Gasteiger partial charge in [-0.3, -0.25) is 4.79 Å². The van der Waals surface area contributed by atoms with Crippen LogP contribution >= 0.6 is 11.6 Å². The Balaban J connectivity index is 1.64. The molecule has 0 unspecified atom stereocenters. The van der Waals surface area contributed by atoms with Gasteiger partial charge in [0.1, 0.15) is 17.0 Å². The number of amides is 1. The molecule has 0 atom stereocenters. The van der Waals surface area contributed by atoms with Crippen LogP contribution in [0.1, 0.15) is 34.1 Å². The molecule has 0 saturated heterocycles. The lowest BCUT2D eigenvalue weighted by molar-refractivity contribution is 0.0255. The molecule has 4 aromatic rings. The number of nitrogens with zero attached hydrogens (tertiary/aromatic N) is 4. The van der Waals surface area contributed by atoms with E-state index in [2.05, 4.69) is 5.10 Å². The lowest BCUT2D eigenvalue weighted by Gasteiger charge is -2.29. The summed E-state index contributed by atoms with van der Waals surface area (Å²) in [7, 11) is 1.84. The summed E-state index contributed by atoms with van der Waals surface area (Å²) >= 11 is 6.07. The third-order valence-electron chi connectivity index (χ3n) is 6.43. The minimum absolute atomic E-state index is 0.120. The average Bonchev–Trinajstić information content (AvgIpc) is 2.96. The van der Waals surface area contributed by atoms with E-state index in [1.165, 1.54) is 4.68 Å². The Labute approximate surface area is 252 Å². The van der Waals surface area contributed by atoms with E-state index in [4.69, 9.17) is 21.1 Å². The molecule has 3 aromatic carbocycles. The molecule has 0 aliphatic carbocycles. The van der Waals surface area contributed by atoms with Crippen LogP contribution in [0.4, 0.5) is 10.5 Å². The van der Waals surface area contributed by atoms with Gasteiger partial charge in [-0.05, 0) is 74.7 Å². The van der Waals surface area contributed by atoms with Crippen molar-refractivity contribution in [3.63, 3.8) is 0 Å². The monoisotopic (exact) mass is 588 g/mol. The Morgan fingerprint density at radius 1 is 0.905 bits per heavy atom. The molecule has 42 heavy (non-hydrogen) atoms. The average molecular weight is 589 g/mol. The van der Waals surface area contributed by atoms with E-state index < -0.39 is 11.2 Å². The molecule has 0 bridgehead atoms. The SMILES string of the molecule is CCCN(CCN(C)c1cnn(-c2ccc(Cl)cc2)c(=O)c1Oc1ccc(-c2ccccc2)cc1)C(=O)OC(C)(C)C. The van der Waals surface area contributed by atoms with Crippen molar-refractivity contribution < 1.29 is 14.3 Å². The van der Waals surface area contributed by atoms with Gasteiger partial charge in [-0.2, -0.15) is 9.78 Å². The molecular weight excluding hydrogens is 552 g/mol. The van der Waals surface area contributed by atoms with E-state index >= 15 is 0 Å². The van der Waals surface area contributed by atoms with E-state index in [0.717, 1.165) is 17.5 Å². The summed E-state index contributed by atoms with van der Waals surface area (Å²) in [5.74, 6) is 0.630. The summed E-state index contributed by atoms with van der Waals surface area (Å²) in [6.07, 6.45) is 2.01. The lowest BCUT2D eigenvalue weighted by Crippen LogP contribution is -2.41. The molecule has 1 aromatic heterocycles. The van der Waals surface area contributed by atoms with Gasteiger partial charge >= 0.3 is 11.7 Å². The maximum atomic E-state index is 13.8. The van der Waals surface area contributed by atoms with Crippen molar-refractivity contribution in [1.29, 1.82) is 0 Å². The van der Waals surface area contributed by atoms with Gasteiger partial charge in [0.15, 0.2) is 0 Å². The maximum absolute atomic E-state index is 13.8. The van der Waals surface area contributed by atoms with Crippen molar-refractivity contribution in [1.82, 2.24) is 14.7 Å². The number of ether oxygens (including phenoxy) is 2. The lowest BCUT2D eigenvalue weighted by atomic mass is 10.1. The summed E-state index contributed by atoms with van der Waals surface area (Å²) < 4.78 is 13.1. The molecular formula is C33H37ClN4O4. The highest BCUT2D eigenvalue weighted by molar-refractivity contribution is 6.30. The fraction of sp³-hybridized carbons (Fsp3) is 0.303. The third kappa shape index (κ3) is 7.91. The second-order valence-electron chi connectivity index (χ2n) is 10.9. The maximum Gasteiger partial charge on any atom is 0.410 e. The van der Waals surface area contributed by atoms with E-state index in [-0.39, 0.29) is 11.8 Å². The summed E-state index contributed by atoms with van der Waals surface area (Å²) in [5, 5.41) is 4.99. The molecule has 8 nitrogen and oxygen atoms in total. The third-order valence-corrected chi connectivity index (χ3v) is 6.68. The van der Waals surface area contributed by atoms with Gasteiger partial charge in [0, 0.05) is 31.7 Å². The van der Waals surface area contributed by atoms with Gasteiger partial charge in [-0.1, -0.05) is 61.0 Å². The number of carbonyl (C=O) groups is 1. The number of carbonyl (C=O) groups excluding carboxylic acids is 1. The molecule has 1 amide bonds. The largest absolute Gasteiger partial charge is 0.449 e. The van der Waals surface area contributed by atoms with Crippen LogP contribution in [0.2, 0.25) is 5.02 Å². The van der Waals surface area contributed by atoms with Crippen LogP contribution in [-0.4, -0.2) is 53.1 Å². The zero-order chi connectivity index (χ0) is 30.3. The van der Waals surface area contributed by atoms with Crippen LogP contribution in [0.5, 0.6) is 11.5 Å². The second kappa shape index (κ2) is 13.6. The van der Waals surface area contributed by atoms with Gasteiger partial charge in [-0.15, -0.1) is 0 Å². The fourth-order valence-corrected chi connectivity index (χ4v) is 4.44. The molecule has 1 heterocycles. The Kier molecular flexibility index (Phi) is 9.91. The number of rotatable bonds is 10. The minimum Gasteiger partial charge on any atom is -0.449 e. The van der Waals surface area contributed by atoms with Crippen molar-refractivity contribution in [2.24, 2.45) is 0 Å². The predicted octanol–water partition coefficient (Wildman–Crippen LogP) is 7.43. The van der Waals surface area contributed by atoms with Crippen molar-refractivity contribution in [2.45, 2.75) is 39.7 Å². The van der Waals surface area contributed by atoms with E-state index in [1.54, 1.807) is 35.4 Å². The van der Waals surface area contributed by atoms with Crippen LogP contribution in [0.25, 0.3) is 16.8 Å². The number of halogens is 1. The summed E-state index contributed by atoms with van der Waals surface area (Å²) in [6, 6.07) is 24.5. The van der Waals surface area contributed by atoms with E-state index in [0.29, 0.717) is 41.8 Å². The highest BCUT2D eigenvalue weighted by Crippen LogP contribution is 2.30. The Bertz CT molecular complexity index is 1530. The molecule has 220 valence electrons. The number of aromatic nitrogens is 2. The molecule has 4 rings (SSSR count). The van der Waals surface area contributed by atoms with E-state index in [1.807, 2.05) is 94.2 Å². The van der Waals surface area contributed by atoms with Crippen LogP contribution in [0, 0.1) is 0 Å². The summed E-state index contributed by atoms with van der Waals surface area (Å²) in [6.45, 7) is 8.92. The first-order chi connectivity index (χ1) is 20.1. The Morgan fingerprint density at radius 3 is 2.17 bits per heavy atom. The van der Waals surface area contributed by atoms with Crippen molar-refractivity contribution in [2.75, 3.05) is 31.6 Å². The van der Waals surface area contributed by atoms with Crippen LogP contribution in [-0.2, 0) is 4.74 Å². The molecule has 0 aliphatic heterocycles. The number of hydrogen-bond acceptors (Lipinski definition) is 6.